The van der Waals surface area contributed by atoms with E-state index in [0.29, 0.717) is 23.1 Å². The number of piperidine rings is 1. The molecule has 2 heterocycles. The Morgan fingerprint density at radius 3 is 2.06 bits per heavy atom. The standard InChI is InChI=1S/C29H49N3O2/c1-22(2)25-5-7-26(8-6-25)28(34)32-19-17-30(18-20-32)21-24-9-11-29(12-10-24)13-15-31(16-14-29)27(33)23(3)4/h5,22-24,26H,6-21H2,1-4H3. The minimum absolute atomic E-state index is 0.123. The maximum atomic E-state index is 13.1. The molecule has 4 aliphatic rings. The summed E-state index contributed by atoms with van der Waals surface area (Å²) in [6.07, 6.45) is 13.2. The Bertz CT molecular complexity index is 732. The molecular formula is C29H49N3O2. The van der Waals surface area contributed by atoms with Crippen LogP contribution in [-0.4, -0.2) is 72.3 Å². The molecule has 0 aromatic heterocycles. The summed E-state index contributed by atoms with van der Waals surface area (Å²) in [5.41, 5.74) is 2.04. The number of piperazine rings is 1. The van der Waals surface area contributed by atoms with E-state index in [1.54, 1.807) is 0 Å². The van der Waals surface area contributed by atoms with E-state index in [1.165, 1.54) is 50.6 Å². The van der Waals surface area contributed by atoms with Crippen LogP contribution in [0.15, 0.2) is 11.6 Å². The van der Waals surface area contributed by atoms with Crippen molar-refractivity contribution in [2.75, 3.05) is 45.8 Å². The third-order valence-corrected chi connectivity index (χ3v) is 9.53. The number of rotatable bonds is 5. The van der Waals surface area contributed by atoms with E-state index in [9.17, 15) is 9.59 Å². The van der Waals surface area contributed by atoms with Gasteiger partial charge in [-0.05, 0) is 75.0 Å². The van der Waals surface area contributed by atoms with Gasteiger partial charge in [0.15, 0.2) is 0 Å². The number of hydrogen-bond acceptors (Lipinski definition) is 3. The fraction of sp³-hybridized carbons (Fsp3) is 0.862. The number of allylic oxidation sites excluding steroid dienone is 2. The first-order valence-electron chi connectivity index (χ1n) is 14.3. The van der Waals surface area contributed by atoms with Gasteiger partial charge >= 0.3 is 0 Å². The molecule has 1 saturated carbocycles. The first-order valence-corrected chi connectivity index (χ1v) is 14.3. The highest BCUT2D eigenvalue weighted by molar-refractivity contribution is 5.79. The lowest BCUT2D eigenvalue weighted by molar-refractivity contribution is -0.138. The molecule has 1 spiro atoms. The smallest absolute Gasteiger partial charge is 0.226 e. The number of carbonyl (C=O) groups is 2. The molecule has 5 heteroatoms. The lowest BCUT2D eigenvalue weighted by atomic mass is 9.65. The van der Waals surface area contributed by atoms with E-state index in [4.69, 9.17) is 0 Å². The average Bonchev–Trinajstić information content (AvgIpc) is 2.85. The highest BCUT2D eigenvalue weighted by Crippen LogP contribution is 2.46. The van der Waals surface area contributed by atoms with Crippen molar-refractivity contribution >= 4 is 11.8 Å². The van der Waals surface area contributed by atoms with E-state index in [0.717, 1.165) is 64.4 Å². The fourth-order valence-electron chi connectivity index (χ4n) is 6.92. The molecule has 2 amide bonds. The lowest BCUT2D eigenvalue weighted by Gasteiger charge is -2.47. The monoisotopic (exact) mass is 471 g/mol. The Labute approximate surface area is 208 Å². The van der Waals surface area contributed by atoms with Gasteiger partial charge in [0.2, 0.25) is 11.8 Å². The van der Waals surface area contributed by atoms with Gasteiger partial charge in [0.1, 0.15) is 0 Å². The van der Waals surface area contributed by atoms with Crippen LogP contribution < -0.4 is 0 Å². The molecule has 3 fully saturated rings. The van der Waals surface area contributed by atoms with Gasteiger partial charge < -0.3 is 9.80 Å². The zero-order valence-electron chi connectivity index (χ0n) is 22.4. The van der Waals surface area contributed by atoms with Crippen molar-refractivity contribution in [3.63, 3.8) is 0 Å². The van der Waals surface area contributed by atoms with Crippen LogP contribution in [0.5, 0.6) is 0 Å². The fourth-order valence-corrected chi connectivity index (χ4v) is 6.92. The summed E-state index contributed by atoms with van der Waals surface area (Å²) in [5.74, 6) is 2.50. The third kappa shape index (κ3) is 6.06. The van der Waals surface area contributed by atoms with Crippen molar-refractivity contribution < 1.29 is 9.59 Å². The van der Waals surface area contributed by atoms with Gasteiger partial charge in [0.05, 0.1) is 0 Å². The molecule has 1 unspecified atom stereocenters. The van der Waals surface area contributed by atoms with Crippen molar-refractivity contribution in [2.45, 2.75) is 85.5 Å². The summed E-state index contributed by atoms with van der Waals surface area (Å²) in [4.78, 5) is 32.3. The molecule has 0 aromatic rings. The first-order chi connectivity index (χ1) is 16.3. The van der Waals surface area contributed by atoms with Crippen LogP contribution in [0.1, 0.15) is 85.5 Å². The molecule has 192 valence electrons. The van der Waals surface area contributed by atoms with Crippen LogP contribution in [0, 0.1) is 29.1 Å². The van der Waals surface area contributed by atoms with Crippen LogP contribution in [0.25, 0.3) is 0 Å². The maximum absolute atomic E-state index is 13.1. The van der Waals surface area contributed by atoms with E-state index in [-0.39, 0.29) is 11.8 Å². The molecular weight excluding hydrogens is 422 g/mol. The predicted molar refractivity (Wildman–Crippen MR) is 138 cm³/mol. The van der Waals surface area contributed by atoms with Crippen molar-refractivity contribution in [3.8, 4) is 0 Å². The second-order valence-electron chi connectivity index (χ2n) is 12.5. The van der Waals surface area contributed by atoms with Gasteiger partial charge in [0, 0.05) is 57.6 Å². The van der Waals surface area contributed by atoms with Crippen LogP contribution in [0.4, 0.5) is 0 Å². The molecule has 0 bridgehead atoms. The second-order valence-corrected chi connectivity index (χ2v) is 12.5. The quantitative estimate of drug-likeness (QED) is 0.532. The summed E-state index contributed by atoms with van der Waals surface area (Å²) in [6.45, 7) is 15.6. The first kappa shape index (κ1) is 25.7. The highest BCUT2D eigenvalue weighted by Gasteiger charge is 2.39. The van der Waals surface area contributed by atoms with E-state index >= 15 is 0 Å². The number of carbonyl (C=O) groups excluding carboxylic acids is 2. The number of hydrogen-bond donors (Lipinski definition) is 0. The molecule has 0 N–H and O–H groups in total. The minimum atomic E-state index is 0.123. The van der Waals surface area contributed by atoms with Crippen molar-refractivity contribution in [1.29, 1.82) is 0 Å². The number of likely N-dealkylation sites (tertiary alicyclic amines) is 1. The molecule has 1 atom stereocenters. The maximum Gasteiger partial charge on any atom is 0.226 e. The zero-order chi connectivity index (χ0) is 24.3. The van der Waals surface area contributed by atoms with Crippen molar-refractivity contribution in [3.05, 3.63) is 11.6 Å². The topological polar surface area (TPSA) is 43.9 Å². The van der Waals surface area contributed by atoms with E-state index < -0.39 is 0 Å². The van der Waals surface area contributed by atoms with Crippen LogP contribution in [-0.2, 0) is 9.59 Å². The van der Waals surface area contributed by atoms with Gasteiger partial charge in [-0.2, -0.15) is 0 Å². The highest BCUT2D eigenvalue weighted by atomic mass is 16.2. The van der Waals surface area contributed by atoms with Crippen molar-refractivity contribution in [2.24, 2.45) is 29.1 Å². The molecule has 2 aliphatic heterocycles. The van der Waals surface area contributed by atoms with E-state index in [2.05, 4.69) is 34.6 Å². The molecule has 2 saturated heterocycles. The van der Waals surface area contributed by atoms with E-state index in [1.807, 2.05) is 13.8 Å². The molecule has 0 aromatic carbocycles. The van der Waals surface area contributed by atoms with Gasteiger partial charge in [-0.3, -0.25) is 14.5 Å². The number of nitrogens with zero attached hydrogens (tertiary/aromatic N) is 3. The molecule has 4 rings (SSSR count). The normalized spacial score (nSPS) is 26.9. The zero-order valence-corrected chi connectivity index (χ0v) is 22.4. The Morgan fingerprint density at radius 1 is 0.882 bits per heavy atom. The Hall–Kier alpha value is -1.36. The van der Waals surface area contributed by atoms with Crippen LogP contribution in [0.2, 0.25) is 0 Å². The molecule has 0 radical (unpaired) electrons. The summed E-state index contributed by atoms with van der Waals surface area (Å²) >= 11 is 0. The lowest BCUT2D eigenvalue weighted by Crippen LogP contribution is -2.51. The summed E-state index contributed by atoms with van der Waals surface area (Å²) in [6, 6.07) is 0. The number of amides is 2. The second kappa shape index (κ2) is 11.1. The average molecular weight is 472 g/mol. The van der Waals surface area contributed by atoms with Gasteiger partial charge in [-0.25, -0.2) is 0 Å². The van der Waals surface area contributed by atoms with Crippen LogP contribution in [0.3, 0.4) is 0 Å². The summed E-state index contributed by atoms with van der Waals surface area (Å²) in [7, 11) is 0. The third-order valence-electron chi connectivity index (χ3n) is 9.53. The Morgan fingerprint density at radius 2 is 1.53 bits per heavy atom. The van der Waals surface area contributed by atoms with Crippen LogP contribution >= 0.6 is 0 Å². The Kier molecular flexibility index (Phi) is 8.43. The largest absolute Gasteiger partial charge is 0.342 e. The summed E-state index contributed by atoms with van der Waals surface area (Å²) < 4.78 is 0. The Balaban J connectivity index is 1.16. The predicted octanol–water partition coefficient (Wildman–Crippen LogP) is 4.97. The molecule has 5 nitrogen and oxygen atoms in total. The minimum Gasteiger partial charge on any atom is -0.342 e. The molecule has 34 heavy (non-hydrogen) atoms. The van der Waals surface area contributed by atoms with Crippen molar-refractivity contribution in [1.82, 2.24) is 14.7 Å². The van der Waals surface area contributed by atoms with Gasteiger partial charge in [-0.1, -0.05) is 39.3 Å². The SMILES string of the molecule is CC(C)C(=O)N1CCC2(CCC(CN3CCN(C(=O)C4CC=C(C(C)C)CC4)CC3)CC2)CC1. The van der Waals surface area contributed by atoms with Gasteiger partial charge in [-0.15, -0.1) is 0 Å². The van der Waals surface area contributed by atoms with Gasteiger partial charge in [0.25, 0.3) is 0 Å². The molecule has 2 aliphatic carbocycles. The summed E-state index contributed by atoms with van der Waals surface area (Å²) in [5, 5.41) is 0.